The molecule has 0 spiro atoms. The van der Waals surface area contributed by atoms with E-state index >= 15 is 0 Å². The standard InChI is InChI=1S/C15H21ClN2OS/c16-15-4-3-12(20-15)10-14(19)13-2-1-9-18(13)11-5-7-17-8-6-11/h3-4,11,13,17H,1-2,5-10H2. The van der Waals surface area contributed by atoms with E-state index in [1.54, 1.807) is 0 Å². The van der Waals surface area contributed by atoms with Crippen LogP contribution in [0.4, 0.5) is 0 Å². The van der Waals surface area contributed by atoms with Crippen molar-refractivity contribution in [2.75, 3.05) is 19.6 Å². The topological polar surface area (TPSA) is 32.3 Å². The first-order chi connectivity index (χ1) is 9.74. The second-order valence-corrected chi connectivity index (χ2v) is 7.53. The second kappa shape index (κ2) is 6.56. The smallest absolute Gasteiger partial charge is 0.155 e. The average Bonchev–Trinajstić information content (AvgIpc) is 3.09. The molecule has 2 saturated heterocycles. The van der Waals surface area contributed by atoms with E-state index in [2.05, 4.69) is 10.2 Å². The van der Waals surface area contributed by atoms with Crippen molar-refractivity contribution < 1.29 is 4.79 Å². The number of carbonyl (C=O) groups excluding carboxylic acids is 1. The van der Waals surface area contributed by atoms with Gasteiger partial charge in [0.15, 0.2) is 5.78 Å². The number of likely N-dealkylation sites (tertiary alicyclic amines) is 1. The van der Waals surface area contributed by atoms with Crippen molar-refractivity contribution in [3.05, 3.63) is 21.3 Å². The fourth-order valence-corrected chi connectivity index (χ4v) is 4.54. The summed E-state index contributed by atoms with van der Waals surface area (Å²) in [5.74, 6) is 0.375. The summed E-state index contributed by atoms with van der Waals surface area (Å²) in [6.45, 7) is 3.26. The van der Waals surface area contributed by atoms with Crippen molar-refractivity contribution in [1.29, 1.82) is 0 Å². The third-order valence-corrected chi connectivity index (χ3v) is 5.65. The average molecular weight is 313 g/mol. The number of hydrogen-bond acceptors (Lipinski definition) is 4. The first-order valence-corrected chi connectivity index (χ1v) is 8.67. The van der Waals surface area contributed by atoms with E-state index in [0.29, 0.717) is 18.2 Å². The van der Waals surface area contributed by atoms with Gasteiger partial charge in [-0.3, -0.25) is 9.69 Å². The predicted molar refractivity (Wildman–Crippen MR) is 83.7 cm³/mol. The van der Waals surface area contributed by atoms with E-state index in [9.17, 15) is 4.79 Å². The SMILES string of the molecule is O=C(Cc1ccc(Cl)s1)C1CCCN1C1CCNCC1. The van der Waals surface area contributed by atoms with E-state index in [-0.39, 0.29) is 6.04 Å². The van der Waals surface area contributed by atoms with Crippen LogP contribution in [-0.2, 0) is 11.2 Å². The van der Waals surface area contributed by atoms with Gasteiger partial charge in [-0.1, -0.05) is 11.6 Å². The molecule has 1 atom stereocenters. The molecule has 2 aliphatic rings. The van der Waals surface area contributed by atoms with Crippen LogP contribution in [0.5, 0.6) is 0 Å². The number of carbonyl (C=O) groups is 1. The number of piperidine rings is 1. The van der Waals surface area contributed by atoms with Crippen LogP contribution < -0.4 is 5.32 Å². The van der Waals surface area contributed by atoms with Crippen molar-refractivity contribution in [3.63, 3.8) is 0 Å². The Hall–Kier alpha value is -0.420. The van der Waals surface area contributed by atoms with Crippen LogP contribution in [0.1, 0.15) is 30.6 Å². The fraction of sp³-hybridized carbons (Fsp3) is 0.667. The maximum Gasteiger partial charge on any atom is 0.155 e. The lowest BCUT2D eigenvalue weighted by molar-refractivity contribution is -0.123. The minimum Gasteiger partial charge on any atom is -0.317 e. The van der Waals surface area contributed by atoms with E-state index in [0.717, 1.165) is 41.7 Å². The Morgan fingerprint density at radius 2 is 2.15 bits per heavy atom. The molecule has 20 heavy (non-hydrogen) atoms. The van der Waals surface area contributed by atoms with Crippen LogP contribution in [0.25, 0.3) is 0 Å². The van der Waals surface area contributed by atoms with Crippen LogP contribution in [0.2, 0.25) is 4.34 Å². The second-order valence-electron chi connectivity index (χ2n) is 5.73. The molecule has 3 heterocycles. The molecule has 5 heteroatoms. The molecule has 2 aliphatic heterocycles. The molecule has 3 nitrogen and oxygen atoms in total. The molecule has 1 aromatic rings. The molecule has 1 unspecified atom stereocenters. The molecular formula is C15H21ClN2OS. The van der Waals surface area contributed by atoms with Gasteiger partial charge in [-0.15, -0.1) is 11.3 Å². The van der Waals surface area contributed by atoms with Gasteiger partial charge < -0.3 is 5.32 Å². The Morgan fingerprint density at radius 1 is 1.35 bits per heavy atom. The van der Waals surface area contributed by atoms with Gasteiger partial charge in [0, 0.05) is 17.3 Å². The fourth-order valence-electron chi connectivity index (χ4n) is 3.45. The van der Waals surface area contributed by atoms with Gasteiger partial charge in [-0.05, 0) is 57.5 Å². The first kappa shape index (κ1) is 14.5. The van der Waals surface area contributed by atoms with Gasteiger partial charge in [-0.25, -0.2) is 0 Å². The van der Waals surface area contributed by atoms with Crippen molar-refractivity contribution in [2.24, 2.45) is 0 Å². The summed E-state index contributed by atoms with van der Waals surface area (Å²) >= 11 is 7.47. The van der Waals surface area contributed by atoms with E-state index in [1.165, 1.54) is 24.2 Å². The highest BCUT2D eigenvalue weighted by atomic mass is 35.5. The lowest BCUT2D eigenvalue weighted by Crippen LogP contribution is -2.48. The number of nitrogens with one attached hydrogen (secondary N) is 1. The summed E-state index contributed by atoms with van der Waals surface area (Å²) in [5.41, 5.74) is 0. The van der Waals surface area contributed by atoms with Gasteiger partial charge in [0.2, 0.25) is 0 Å². The summed E-state index contributed by atoms with van der Waals surface area (Å²) in [5, 5.41) is 3.40. The molecular weight excluding hydrogens is 292 g/mol. The van der Waals surface area contributed by atoms with Gasteiger partial charge in [0.1, 0.15) is 0 Å². The van der Waals surface area contributed by atoms with Crippen LogP contribution in [0, 0.1) is 0 Å². The predicted octanol–water partition coefficient (Wildman–Crippen LogP) is 2.73. The summed E-state index contributed by atoms with van der Waals surface area (Å²) in [6, 6.07) is 4.60. The lowest BCUT2D eigenvalue weighted by atomic mass is 10.0. The number of thiophene rings is 1. The minimum absolute atomic E-state index is 0.138. The molecule has 3 rings (SSSR count). The van der Waals surface area contributed by atoms with Gasteiger partial charge in [-0.2, -0.15) is 0 Å². The van der Waals surface area contributed by atoms with Crippen LogP contribution in [-0.4, -0.2) is 42.4 Å². The van der Waals surface area contributed by atoms with Gasteiger partial charge >= 0.3 is 0 Å². The molecule has 1 N–H and O–H groups in total. The first-order valence-electron chi connectivity index (χ1n) is 7.47. The van der Waals surface area contributed by atoms with Crippen LogP contribution in [0.3, 0.4) is 0 Å². The van der Waals surface area contributed by atoms with Crippen LogP contribution >= 0.6 is 22.9 Å². The Morgan fingerprint density at radius 3 is 2.85 bits per heavy atom. The monoisotopic (exact) mass is 312 g/mol. The maximum atomic E-state index is 12.6. The summed E-state index contributed by atoms with van der Waals surface area (Å²) in [6.07, 6.45) is 5.08. The van der Waals surface area contributed by atoms with Crippen molar-refractivity contribution in [3.8, 4) is 0 Å². The Bertz CT molecular complexity index is 470. The normalized spacial score (nSPS) is 25.1. The number of nitrogens with zero attached hydrogens (tertiary/aromatic N) is 1. The minimum atomic E-state index is 0.138. The van der Waals surface area contributed by atoms with Gasteiger partial charge in [0.05, 0.1) is 10.4 Å². The van der Waals surface area contributed by atoms with E-state index in [1.807, 2.05) is 12.1 Å². The molecule has 0 bridgehead atoms. The number of rotatable bonds is 4. The molecule has 2 fully saturated rings. The quantitative estimate of drug-likeness (QED) is 0.928. The highest BCUT2D eigenvalue weighted by Gasteiger charge is 2.35. The molecule has 0 aromatic carbocycles. The van der Waals surface area contributed by atoms with Crippen molar-refractivity contribution in [2.45, 2.75) is 44.2 Å². The number of Topliss-reactive ketones (excluding diaryl/α,β-unsaturated/α-hetero) is 1. The zero-order valence-electron chi connectivity index (χ0n) is 11.6. The maximum absolute atomic E-state index is 12.6. The molecule has 0 radical (unpaired) electrons. The van der Waals surface area contributed by atoms with Crippen LogP contribution in [0.15, 0.2) is 12.1 Å². The highest BCUT2D eigenvalue weighted by molar-refractivity contribution is 7.16. The van der Waals surface area contributed by atoms with Gasteiger partial charge in [0.25, 0.3) is 0 Å². The Balaban J connectivity index is 1.63. The largest absolute Gasteiger partial charge is 0.317 e. The summed E-state index contributed by atoms with van der Waals surface area (Å²) in [7, 11) is 0. The Kier molecular flexibility index (Phi) is 4.76. The van der Waals surface area contributed by atoms with E-state index in [4.69, 9.17) is 11.6 Å². The lowest BCUT2D eigenvalue weighted by Gasteiger charge is -2.35. The molecule has 1 aromatic heterocycles. The molecule has 0 aliphatic carbocycles. The Labute approximate surface area is 129 Å². The highest BCUT2D eigenvalue weighted by Crippen LogP contribution is 2.27. The number of ketones is 1. The third-order valence-electron chi connectivity index (χ3n) is 4.42. The van der Waals surface area contributed by atoms with E-state index < -0.39 is 0 Å². The van der Waals surface area contributed by atoms with Crippen molar-refractivity contribution in [1.82, 2.24) is 10.2 Å². The zero-order valence-corrected chi connectivity index (χ0v) is 13.2. The number of halogens is 1. The number of hydrogen-bond donors (Lipinski definition) is 1. The summed E-state index contributed by atoms with van der Waals surface area (Å²) < 4.78 is 0.773. The third kappa shape index (κ3) is 3.25. The molecule has 110 valence electrons. The molecule has 0 saturated carbocycles. The van der Waals surface area contributed by atoms with Crippen molar-refractivity contribution >= 4 is 28.7 Å². The molecule has 0 amide bonds. The zero-order chi connectivity index (χ0) is 13.9. The summed E-state index contributed by atoms with van der Waals surface area (Å²) in [4.78, 5) is 16.1.